The van der Waals surface area contributed by atoms with Gasteiger partial charge in [0.25, 0.3) is 5.91 Å². The summed E-state index contributed by atoms with van der Waals surface area (Å²) in [6.45, 7) is 0.558. The molecule has 1 fully saturated rings. The van der Waals surface area contributed by atoms with Crippen molar-refractivity contribution in [3.8, 4) is 5.69 Å². The Balaban J connectivity index is 1.35. The number of benzene rings is 2. The first-order valence-corrected chi connectivity index (χ1v) is 10.6. The van der Waals surface area contributed by atoms with Crippen molar-refractivity contribution in [2.45, 2.75) is 18.9 Å². The van der Waals surface area contributed by atoms with Gasteiger partial charge in [0, 0.05) is 24.5 Å². The molecule has 1 saturated heterocycles. The molecule has 0 spiro atoms. The van der Waals surface area contributed by atoms with E-state index in [1.165, 1.54) is 11.3 Å². The lowest BCUT2D eigenvalue weighted by Gasteiger charge is -2.23. The Bertz CT molecular complexity index is 1180. The van der Waals surface area contributed by atoms with E-state index in [-0.39, 0.29) is 11.8 Å². The predicted octanol–water partition coefficient (Wildman–Crippen LogP) is 3.73. The van der Waals surface area contributed by atoms with Crippen LogP contribution in [0.4, 0.5) is 5.13 Å². The number of rotatable bonds is 4. The summed E-state index contributed by atoms with van der Waals surface area (Å²) >= 11 is 1.43. The molecule has 2 aromatic heterocycles. The largest absolute Gasteiger partial charge is 0.327 e. The average Bonchev–Trinajstić information content (AvgIpc) is 3.53. The van der Waals surface area contributed by atoms with Gasteiger partial charge in [0.1, 0.15) is 6.04 Å². The Kier molecular flexibility index (Phi) is 4.76. The van der Waals surface area contributed by atoms with Crippen molar-refractivity contribution < 1.29 is 9.59 Å². The molecule has 0 bridgehead atoms. The van der Waals surface area contributed by atoms with Crippen LogP contribution in [0.25, 0.3) is 15.9 Å². The fourth-order valence-corrected chi connectivity index (χ4v) is 4.63. The van der Waals surface area contributed by atoms with Crippen LogP contribution in [0.5, 0.6) is 0 Å². The van der Waals surface area contributed by atoms with Gasteiger partial charge in [-0.25, -0.2) is 9.67 Å². The van der Waals surface area contributed by atoms with Crippen molar-refractivity contribution in [3.05, 3.63) is 72.6 Å². The summed E-state index contributed by atoms with van der Waals surface area (Å²) < 4.78 is 2.72. The highest BCUT2D eigenvalue weighted by molar-refractivity contribution is 7.22. The van der Waals surface area contributed by atoms with E-state index in [0.29, 0.717) is 23.7 Å². The van der Waals surface area contributed by atoms with Crippen LogP contribution < -0.4 is 5.32 Å². The van der Waals surface area contributed by atoms with Crippen LogP contribution in [-0.4, -0.2) is 44.1 Å². The Labute approximate surface area is 177 Å². The Morgan fingerprint density at radius 2 is 2.00 bits per heavy atom. The van der Waals surface area contributed by atoms with Crippen molar-refractivity contribution in [2.24, 2.45) is 0 Å². The second-order valence-corrected chi connectivity index (χ2v) is 8.16. The number of anilines is 1. The molecule has 0 saturated carbocycles. The summed E-state index contributed by atoms with van der Waals surface area (Å²) in [6.07, 6.45) is 4.95. The van der Waals surface area contributed by atoms with Gasteiger partial charge in [-0.15, -0.1) is 0 Å². The number of thiazole rings is 1. The summed E-state index contributed by atoms with van der Waals surface area (Å²) in [6, 6.07) is 16.4. The van der Waals surface area contributed by atoms with Gasteiger partial charge in [-0.2, -0.15) is 5.10 Å². The van der Waals surface area contributed by atoms with Crippen LogP contribution in [-0.2, 0) is 4.79 Å². The van der Waals surface area contributed by atoms with Crippen LogP contribution in [0.3, 0.4) is 0 Å². The van der Waals surface area contributed by atoms with Crippen molar-refractivity contribution >= 4 is 38.5 Å². The first kappa shape index (κ1) is 18.5. The molecule has 2 amide bonds. The van der Waals surface area contributed by atoms with Crippen molar-refractivity contribution in [2.75, 3.05) is 11.9 Å². The van der Waals surface area contributed by atoms with E-state index in [9.17, 15) is 9.59 Å². The summed E-state index contributed by atoms with van der Waals surface area (Å²) in [5, 5.41) is 7.67. The summed E-state index contributed by atoms with van der Waals surface area (Å²) in [7, 11) is 0. The molecular weight excluding hydrogens is 398 g/mol. The molecule has 2 aromatic carbocycles. The van der Waals surface area contributed by atoms with Gasteiger partial charge >= 0.3 is 0 Å². The number of aromatic nitrogens is 3. The van der Waals surface area contributed by atoms with Gasteiger partial charge in [-0.1, -0.05) is 29.5 Å². The molecule has 30 heavy (non-hydrogen) atoms. The molecule has 0 radical (unpaired) electrons. The highest BCUT2D eigenvalue weighted by Crippen LogP contribution is 2.27. The molecule has 7 nitrogen and oxygen atoms in total. The summed E-state index contributed by atoms with van der Waals surface area (Å²) in [5.74, 6) is -0.339. The minimum absolute atomic E-state index is 0.147. The van der Waals surface area contributed by atoms with E-state index in [1.54, 1.807) is 27.9 Å². The number of nitrogens with zero attached hydrogens (tertiary/aromatic N) is 4. The van der Waals surface area contributed by atoms with E-state index >= 15 is 0 Å². The fraction of sp³-hybridized carbons (Fsp3) is 0.182. The lowest BCUT2D eigenvalue weighted by molar-refractivity contribution is -0.119. The smallest absolute Gasteiger partial charge is 0.254 e. The zero-order valence-electron chi connectivity index (χ0n) is 16.1. The first-order chi connectivity index (χ1) is 14.7. The molecule has 1 aliphatic heterocycles. The van der Waals surface area contributed by atoms with Crippen molar-refractivity contribution in [1.82, 2.24) is 19.7 Å². The molecule has 5 rings (SSSR count). The molecule has 4 aromatic rings. The summed E-state index contributed by atoms with van der Waals surface area (Å²) in [5.41, 5.74) is 2.20. The van der Waals surface area contributed by atoms with Gasteiger partial charge < -0.3 is 10.2 Å². The second kappa shape index (κ2) is 7.72. The van der Waals surface area contributed by atoms with E-state index < -0.39 is 6.04 Å². The molecular formula is C22H19N5O2S. The number of amides is 2. The van der Waals surface area contributed by atoms with E-state index in [2.05, 4.69) is 15.4 Å². The van der Waals surface area contributed by atoms with Gasteiger partial charge in [0.15, 0.2) is 5.13 Å². The van der Waals surface area contributed by atoms with Gasteiger partial charge in [0.2, 0.25) is 5.91 Å². The molecule has 8 heteroatoms. The fourth-order valence-electron chi connectivity index (χ4n) is 3.77. The zero-order chi connectivity index (χ0) is 20.5. The first-order valence-electron chi connectivity index (χ1n) is 9.76. The number of nitrogens with one attached hydrogen (secondary N) is 1. The van der Waals surface area contributed by atoms with Gasteiger partial charge in [-0.3, -0.25) is 9.59 Å². The third-order valence-corrected chi connectivity index (χ3v) is 6.15. The van der Waals surface area contributed by atoms with Crippen LogP contribution in [0.2, 0.25) is 0 Å². The minimum Gasteiger partial charge on any atom is -0.327 e. The SMILES string of the molecule is O=C(Nc1nc2ccccc2s1)C1CCCN1C(=O)c1cccc(-n2cccn2)c1. The maximum absolute atomic E-state index is 13.2. The molecule has 3 heterocycles. The monoisotopic (exact) mass is 417 g/mol. The third kappa shape index (κ3) is 3.46. The predicted molar refractivity (Wildman–Crippen MR) is 116 cm³/mol. The normalized spacial score (nSPS) is 16.1. The maximum Gasteiger partial charge on any atom is 0.254 e. The molecule has 1 N–H and O–H groups in total. The van der Waals surface area contributed by atoms with Crippen LogP contribution in [0, 0.1) is 0 Å². The Morgan fingerprint density at radius 3 is 2.83 bits per heavy atom. The van der Waals surface area contributed by atoms with E-state index in [4.69, 9.17) is 0 Å². The van der Waals surface area contributed by atoms with Crippen LogP contribution in [0.15, 0.2) is 67.0 Å². The Hall–Kier alpha value is -3.52. The van der Waals surface area contributed by atoms with Crippen LogP contribution >= 0.6 is 11.3 Å². The zero-order valence-corrected chi connectivity index (χ0v) is 16.9. The topological polar surface area (TPSA) is 80.1 Å². The van der Waals surface area contributed by atoms with Crippen molar-refractivity contribution in [1.29, 1.82) is 0 Å². The quantitative estimate of drug-likeness (QED) is 0.549. The van der Waals surface area contributed by atoms with E-state index in [1.807, 2.05) is 48.7 Å². The standard InChI is InChI=1S/C22H19N5O2S/c28-20(25-22-24-17-8-1-2-10-19(17)30-22)18-9-4-12-26(18)21(29)15-6-3-7-16(14-15)27-13-5-11-23-27/h1-3,5-8,10-11,13-14,18H,4,9,12H2,(H,24,25,28). The average molecular weight is 417 g/mol. The number of carbonyl (C=O) groups excluding carboxylic acids is 2. The highest BCUT2D eigenvalue weighted by atomic mass is 32.1. The van der Waals surface area contributed by atoms with E-state index in [0.717, 1.165) is 22.3 Å². The van der Waals surface area contributed by atoms with Crippen molar-refractivity contribution in [3.63, 3.8) is 0 Å². The number of likely N-dealkylation sites (tertiary alicyclic amines) is 1. The highest BCUT2D eigenvalue weighted by Gasteiger charge is 2.35. The number of hydrogen-bond acceptors (Lipinski definition) is 5. The summed E-state index contributed by atoms with van der Waals surface area (Å²) in [4.78, 5) is 32.2. The molecule has 1 atom stereocenters. The van der Waals surface area contributed by atoms with Crippen LogP contribution in [0.1, 0.15) is 23.2 Å². The maximum atomic E-state index is 13.2. The molecule has 150 valence electrons. The molecule has 1 unspecified atom stereocenters. The minimum atomic E-state index is -0.502. The van der Waals surface area contributed by atoms with Gasteiger partial charge in [0.05, 0.1) is 15.9 Å². The number of para-hydroxylation sites is 1. The van der Waals surface area contributed by atoms with Gasteiger partial charge in [-0.05, 0) is 49.2 Å². The lowest BCUT2D eigenvalue weighted by atomic mass is 10.1. The molecule has 0 aliphatic carbocycles. The molecule has 1 aliphatic rings. The number of carbonyl (C=O) groups is 2. The number of fused-ring (bicyclic) bond motifs is 1. The third-order valence-electron chi connectivity index (χ3n) is 5.20. The lowest BCUT2D eigenvalue weighted by Crippen LogP contribution is -2.43. The number of hydrogen-bond donors (Lipinski definition) is 1. The second-order valence-electron chi connectivity index (χ2n) is 7.13. The Morgan fingerprint density at radius 1 is 1.10 bits per heavy atom.